The second-order valence-corrected chi connectivity index (χ2v) is 6.11. The van der Waals surface area contributed by atoms with E-state index in [1.165, 1.54) is 5.56 Å². The number of aromatic nitrogens is 1. The van der Waals surface area contributed by atoms with Crippen molar-refractivity contribution in [3.8, 4) is 0 Å². The molecule has 1 amide bonds. The average Bonchev–Trinajstić information content (AvgIpc) is 2.95. The number of hydrogen-bond acceptors (Lipinski definition) is 4. The largest absolute Gasteiger partial charge is 0.354 e. The summed E-state index contributed by atoms with van der Waals surface area (Å²) < 4.78 is 0. The smallest absolute Gasteiger partial charge is 0.226 e. The minimum Gasteiger partial charge on any atom is -0.354 e. The molecule has 1 heterocycles. The minimum absolute atomic E-state index is 0. The van der Waals surface area contributed by atoms with E-state index in [4.69, 9.17) is 0 Å². The van der Waals surface area contributed by atoms with Gasteiger partial charge < -0.3 is 10.6 Å². The zero-order valence-electron chi connectivity index (χ0n) is 13.8. The number of carbonyl (C=O) groups is 1. The first-order valence-electron chi connectivity index (χ1n) is 7.72. The van der Waals surface area contributed by atoms with Crippen LogP contribution in [-0.2, 0) is 17.6 Å². The number of benzene rings is 1. The Morgan fingerprint density at radius 3 is 2.58 bits per heavy atom. The van der Waals surface area contributed by atoms with E-state index in [0.29, 0.717) is 13.0 Å². The molecular weight excluding hydrogens is 365 g/mol. The van der Waals surface area contributed by atoms with Gasteiger partial charge in [0.05, 0.1) is 17.1 Å². The summed E-state index contributed by atoms with van der Waals surface area (Å²) >= 11 is 1.62. The molecule has 2 rings (SSSR count). The van der Waals surface area contributed by atoms with Crippen molar-refractivity contribution in [2.24, 2.45) is 0 Å². The quantitative estimate of drug-likeness (QED) is 0.647. The van der Waals surface area contributed by atoms with E-state index in [2.05, 4.69) is 34.7 Å². The Balaban J connectivity index is 0.00000264. The van der Waals surface area contributed by atoms with Gasteiger partial charge in [0, 0.05) is 24.9 Å². The SMILES string of the molecule is CCCNCCNC(=O)Cc1csc(Cc2ccccc2)n1.Cl.Cl. The van der Waals surface area contributed by atoms with Gasteiger partial charge in [-0.15, -0.1) is 36.2 Å². The van der Waals surface area contributed by atoms with Crippen LogP contribution in [0.1, 0.15) is 29.6 Å². The Bertz CT molecular complexity index is 578. The van der Waals surface area contributed by atoms with Gasteiger partial charge in [-0.3, -0.25) is 4.79 Å². The van der Waals surface area contributed by atoms with Crippen LogP contribution in [-0.4, -0.2) is 30.5 Å². The van der Waals surface area contributed by atoms with E-state index < -0.39 is 0 Å². The lowest BCUT2D eigenvalue weighted by molar-refractivity contribution is -0.120. The molecule has 1 aromatic heterocycles. The van der Waals surface area contributed by atoms with Crippen molar-refractivity contribution < 1.29 is 4.79 Å². The van der Waals surface area contributed by atoms with Crippen LogP contribution < -0.4 is 10.6 Å². The molecule has 24 heavy (non-hydrogen) atoms. The van der Waals surface area contributed by atoms with Crippen LogP contribution >= 0.6 is 36.2 Å². The fraction of sp³-hybridized carbons (Fsp3) is 0.412. The zero-order valence-corrected chi connectivity index (χ0v) is 16.2. The van der Waals surface area contributed by atoms with Gasteiger partial charge in [0.15, 0.2) is 0 Å². The molecule has 0 unspecified atom stereocenters. The van der Waals surface area contributed by atoms with Crippen LogP contribution in [0.2, 0.25) is 0 Å². The molecule has 0 fully saturated rings. The van der Waals surface area contributed by atoms with Crippen molar-refractivity contribution in [2.75, 3.05) is 19.6 Å². The molecule has 7 heteroatoms. The second kappa shape index (κ2) is 13.2. The van der Waals surface area contributed by atoms with Gasteiger partial charge in [0.25, 0.3) is 0 Å². The van der Waals surface area contributed by atoms with Gasteiger partial charge in [-0.2, -0.15) is 0 Å². The average molecular weight is 390 g/mol. The van der Waals surface area contributed by atoms with E-state index in [9.17, 15) is 4.79 Å². The first-order valence-corrected chi connectivity index (χ1v) is 8.60. The molecule has 1 aromatic carbocycles. The van der Waals surface area contributed by atoms with Crippen molar-refractivity contribution in [1.29, 1.82) is 0 Å². The van der Waals surface area contributed by atoms with Gasteiger partial charge in [-0.05, 0) is 18.5 Å². The number of amides is 1. The summed E-state index contributed by atoms with van der Waals surface area (Å²) in [4.78, 5) is 16.4. The molecule has 0 radical (unpaired) electrons. The molecule has 0 bridgehead atoms. The van der Waals surface area contributed by atoms with Gasteiger partial charge in [-0.25, -0.2) is 4.98 Å². The van der Waals surface area contributed by atoms with Gasteiger partial charge >= 0.3 is 0 Å². The van der Waals surface area contributed by atoms with Crippen molar-refractivity contribution in [2.45, 2.75) is 26.2 Å². The third-order valence-electron chi connectivity index (χ3n) is 3.19. The van der Waals surface area contributed by atoms with Crippen LogP contribution in [0.15, 0.2) is 35.7 Å². The number of nitrogens with one attached hydrogen (secondary N) is 2. The highest BCUT2D eigenvalue weighted by Gasteiger charge is 2.07. The Morgan fingerprint density at radius 1 is 1.12 bits per heavy atom. The molecule has 0 aliphatic carbocycles. The Labute approximate surface area is 160 Å². The van der Waals surface area contributed by atoms with Crippen LogP contribution in [0, 0.1) is 0 Å². The summed E-state index contributed by atoms with van der Waals surface area (Å²) in [6, 6.07) is 10.3. The summed E-state index contributed by atoms with van der Waals surface area (Å²) in [6.45, 7) is 4.60. The predicted molar refractivity (Wildman–Crippen MR) is 106 cm³/mol. The topological polar surface area (TPSA) is 54.0 Å². The lowest BCUT2D eigenvalue weighted by Gasteiger charge is -2.05. The second-order valence-electron chi connectivity index (χ2n) is 5.17. The van der Waals surface area contributed by atoms with Crippen LogP contribution in [0.3, 0.4) is 0 Å². The fourth-order valence-corrected chi connectivity index (χ4v) is 2.93. The standard InChI is InChI=1S/C17H23N3OS.2ClH/c1-2-8-18-9-10-19-16(21)12-15-13-22-17(20-15)11-14-6-4-3-5-7-14;;/h3-7,13,18H,2,8-12H2,1H3,(H,19,21);2*1H. The molecule has 0 aliphatic rings. The number of thiazole rings is 1. The maximum atomic E-state index is 11.8. The van der Waals surface area contributed by atoms with Crippen molar-refractivity contribution in [1.82, 2.24) is 15.6 Å². The summed E-state index contributed by atoms with van der Waals surface area (Å²) in [5, 5.41) is 9.20. The molecule has 4 nitrogen and oxygen atoms in total. The van der Waals surface area contributed by atoms with Gasteiger partial charge in [-0.1, -0.05) is 37.3 Å². The van der Waals surface area contributed by atoms with E-state index in [-0.39, 0.29) is 30.7 Å². The number of carbonyl (C=O) groups excluding carboxylic acids is 1. The van der Waals surface area contributed by atoms with Crippen molar-refractivity contribution in [3.63, 3.8) is 0 Å². The summed E-state index contributed by atoms with van der Waals surface area (Å²) in [5.41, 5.74) is 2.10. The molecule has 0 spiro atoms. The minimum atomic E-state index is 0. The molecule has 0 atom stereocenters. The summed E-state index contributed by atoms with van der Waals surface area (Å²) in [5.74, 6) is 0.0369. The number of hydrogen-bond donors (Lipinski definition) is 2. The Kier molecular flexibility index (Phi) is 12.6. The number of halogens is 2. The predicted octanol–water partition coefficient (Wildman–Crippen LogP) is 3.24. The molecule has 0 saturated carbocycles. The highest BCUT2D eigenvalue weighted by atomic mass is 35.5. The third-order valence-corrected chi connectivity index (χ3v) is 4.09. The summed E-state index contributed by atoms with van der Waals surface area (Å²) in [7, 11) is 0. The first kappa shape index (κ1) is 22.9. The lowest BCUT2D eigenvalue weighted by Crippen LogP contribution is -2.33. The maximum Gasteiger partial charge on any atom is 0.226 e. The van der Waals surface area contributed by atoms with Crippen LogP contribution in [0.25, 0.3) is 0 Å². The first-order chi connectivity index (χ1) is 10.8. The molecule has 2 aromatic rings. The molecule has 0 aliphatic heterocycles. The van der Waals surface area contributed by atoms with Crippen molar-refractivity contribution in [3.05, 3.63) is 52.0 Å². The Morgan fingerprint density at radius 2 is 1.88 bits per heavy atom. The van der Waals surface area contributed by atoms with Crippen LogP contribution in [0.5, 0.6) is 0 Å². The van der Waals surface area contributed by atoms with E-state index in [1.807, 2.05) is 23.6 Å². The molecular formula is C17H25Cl2N3OS. The monoisotopic (exact) mass is 389 g/mol. The van der Waals surface area contributed by atoms with E-state index in [1.54, 1.807) is 11.3 Å². The van der Waals surface area contributed by atoms with Crippen molar-refractivity contribution >= 4 is 42.1 Å². The third kappa shape index (κ3) is 8.64. The van der Waals surface area contributed by atoms with Gasteiger partial charge in [0.2, 0.25) is 5.91 Å². The molecule has 134 valence electrons. The van der Waals surface area contributed by atoms with Gasteiger partial charge in [0.1, 0.15) is 0 Å². The van der Waals surface area contributed by atoms with Crippen LogP contribution in [0.4, 0.5) is 0 Å². The summed E-state index contributed by atoms with van der Waals surface area (Å²) in [6.07, 6.45) is 2.30. The van der Waals surface area contributed by atoms with E-state index in [0.717, 1.165) is 36.6 Å². The highest BCUT2D eigenvalue weighted by Crippen LogP contribution is 2.15. The number of rotatable bonds is 9. The number of nitrogens with zero attached hydrogens (tertiary/aromatic N) is 1. The normalized spacial score (nSPS) is 9.71. The fourth-order valence-electron chi connectivity index (χ4n) is 2.10. The maximum absolute atomic E-state index is 11.8. The lowest BCUT2D eigenvalue weighted by atomic mass is 10.2. The highest BCUT2D eigenvalue weighted by molar-refractivity contribution is 7.09. The molecule has 0 saturated heterocycles. The Hall–Kier alpha value is -1.14. The molecule has 2 N–H and O–H groups in total. The zero-order chi connectivity index (χ0) is 15.6. The van der Waals surface area contributed by atoms with E-state index >= 15 is 0 Å².